The van der Waals surface area contributed by atoms with Crippen molar-refractivity contribution in [2.45, 2.75) is 12.3 Å². The number of hydrogen-bond acceptors (Lipinski definition) is 3. The second-order valence-corrected chi connectivity index (χ2v) is 6.05. The van der Waals surface area contributed by atoms with Gasteiger partial charge in [0.15, 0.2) is 0 Å². The van der Waals surface area contributed by atoms with Gasteiger partial charge in [-0.15, -0.1) is 0 Å². The standard InChI is InChI=1S/C20H17N3O/c24-20(18-12-17(18)15-5-2-1-3-6-15)23-22-13-14-8-9-19-16(11-14)7-4-10-21-19/h1-11,13,17-18H,12H2,(H,23,24)/t17-,18+/m1/s1. The Morgan fingerprint density at radius 2 is 2.00 bits per heavy atom. The van der Waals surface area contributed by atoms with E-state index in [2.05, 4.69) is 27.6 Å². The Morgan fingerprint density at radius 3 is 2.88 bits per heavy atom. The molecule has 0 saturated heterocycles. The molecule has 4 heteroatoms. The molecule has 4 nitrogen and oxygen atoms in total. The number of amides is 1. The molecule has 1 heterocycles. The summed E-state index contributed by atoms with van der Waals surface area (Å²) in [5, 5.41) is 5.15. The number of benzene rings is 2. The van der Waals surface area contributed by atoms with Crippen LogP contribution in [0, 0.1) is 5.92 Å². The number of nitrogens with one attached hydrogen (secondary N) is 1. The van der Waals surface area contributed by atoms with Crippen molar-refractivity contribution < 1.29 is 4.79 Å². The number of carbonyl (C=O) groups excluding carboxylic acids is 1. The zero-order valence-corrected chi connectivity index (χ0v) is 13.1. The van der Waals surface area contributed by atoms with Crippen LogP contribution >= 0.6 is 0 Å². The summed E-state index contributed by atoms with van der Waals surface area (Å²) < 4.78 is 0. The number of hydrazone groups is 1. The van der Waals surface area contributed by atoms with Gasteiger partial charge >= 0.3 is 0 Å². The third kappa shape index (κ3) is 3.04. The maximum absolute atomic E-state index is 12.2. The van der Waals surface area contributed by atoms with Crippen LogP contribution in [-0.2, 0) is 4.79 Å². The average molecular weight is 315 g/mol. The number of carbonyl (C=O) groups is 1. The molecule has 1 aliphatic carbocycles. The fourth-order valence-corrected chi connectivity index (χ4v) is 2.98. The van der Waals surface area contributed by atoms with E-state index in [0.717, 1.165) is 22.9 Å². The summed E-state index contributed by atoms with van der Waals surface area (Å²) in [4.78, 5) is 16.4. The number of hydrogen-bond donors (Lipinski definition) is 1. The molecule has 0 radical (unpaired) electrons. The smallest absolute Gasteiger partial charge is 0.243 e. The third-order valence-electron chi connectivity index (χ3n) is 4.37. The predicted octanol–water partition coefficient (Wildman–Crippen LogP) is 3.49. The van der Waals surface area contributed by atoms with Crippen molar-refractivity contribution in [3.63, 3.8) is 0 Å². The van der Waals surface area contributed by atoms with E-state index in [1.165, 1.54) is 5.56 Å². The monoisotopic (exact) mass is 315 g/mol. The highest BCUT2D eigenvalue weighted by Crippen LogP contribution is 2.47. The van der Waals surface area contributed by atoms with Crippen LogP contribution < -0.4 is 5.43 Å². The molecule has 0 unspecified atom stereocenters. The maximum Gasteiger partial charge on any atom is 0.243 e. The molecule has 1 fully saturated rings. The van der Waals surface area contributed by atoms with Crippen LogP contribution in [-0.4, -0.2) is 17.1 Å². The van der Waals surface area contributed by atoms with Crippen LogP contribution in [0.2, 0.25) is 0 Å². The van der Waals surface area contributed by atoms with Gasteiger partial charge < -0.3 is 0 Å². The van der Waals surface area contributed by atoms with Gasteiger partial charge in [0.05, 0.1) is 11.7 Å². The minimum atomic E-state index is -0.0115. The second-order valence-electron chi connectivity index (χ2n) is 6.05. The molecule has 2 aromatic carbocycles. The molecule has 118 valence electrons. The quantitative estimate of drug-likeness (QED) is 0.592. The van der Waals surface area contributed by atoms with E-state index >= 15 is 0 Å². The molecule has 0 bridgehead atoms. The zero-order valence-electron chi connectivity index (χ0n) is 13.1. The molecule has 2 atom stereocenters. The van der Waals surface area contributed by atoms with Crippen molar-refractivity contribution in [2.24, 2.45) is 11.0 Å². The van der Waals surface area contributed by atoms with Crippen LogP contribution in [0.5, 0.6) is 0 Å². The Hall–Kier alpha value is -3.01. The van der Waals surface area contributed by atoms with Gasteiger partial charge in [0, 0.05) is 17.5 Å². The maximum atomic E-state index is 12.2. The van der Waals surface area contributed by atoms with Crippen LogP contribution in [0.15, 0.2) is 72.0 Å². The van der Waals surface area contributed by atoms with Gasteiger partial charge in [-0.3, -0.25) is 9.78 Å². The van der Waals surface area contributed by atoms with Gasteiger partial charge in [-0.25, -0.2) is 5.43 Å². The molecule has 1 amide bonds. The average Bonchev–Trinajstić information content (AvgIpc) is 3.43. The molecular weight excluding hydrogens is 298 g/mol. The van der Waals surface area contributed by atoms with E-state index < -0.39 is 0 Å². The number of aromatic nitrogens is 1. The van der Waals surface area contributed by atoms with Crippen molar-refractivity contribution in [1.82, 2.24) is 10.4 Å². The van der Waals surface area contributed by atoms with E-state index in [1.54, 1.807) is 12.4 Å². The molecule has 0 spiro atoms. The zero-order chi connectivity index (χ0) is 16.4. The topological polar surface area (TPSA) is 54.4 Å². The fourth-order valence-electron chi connectivity index (χ4n) is 2.98. The minimum Gasteiger partial charge on any atom is -0.273 e. The van der Waals surface area contributed by atoms with E-state index in [1.807, 2.05) is 48.5 Å². The van der Waals surface area contributed by atoms with Gasteiger partial charge in [-0.2, -0.15) is 5.10 Å². The van der Waals surface area contributed by atoms with Crippen molar-refractivity contribution in [2.75, 3.05) is 0 Å². The summed E-state index contributed by atoms with van der Waals surface area (Å²) >= 11 is 0. The summed E-state index contributed by atoms with van der Waals surface area (Å²) in [7, 11) is 0. The number of nitrogens with zero attached hydrogens (tertiary/aromatic N) is 2. The molecule has 1 aliphatic rings. The number of rotatable bonds is 4. The van der Waals surface area contributed by atoms with Gasteiger partial charge in [-0.05, 0) is 41.7 Å². The van der Waals surface area contributed by atoms with Gasteiger partial charge in [0.25, 0.3) is 0 Å². The molecule has 0 aliphatic heterocycles. The Kier molecular flexibility index (Phi) is 3.79. The SMILES string of the molecule is O=C(NN=Cc1ccc2ncccc2c1)[C@H]1C[C@@H]1c1ccccc1. The van der Waals surface area contributed by atoms with Crippen molar-refractivity contribution in [3.8, 4) is 0 Å². The summed E-state index contributed by atoms with van der Waals surface area (Å²) in [6, 6.07) is 20.0. The third-order valence-corrected chi connectivity index (χ3v) is 4.37. The molecule has 1 aromatic heterocycles. The van der Waals surface area contributed by atoms with Crippen molar-refractivity contribution >= 4 is 23.0 Å². The Bertz CT molecular complexity index is 905. The molecule has 3 aromatic rings. The van der Waals surface area contributed by atoms with E-state index in [4.69, 9.17) is 0 Å². The lowest BCUT2D eigenvalue weighted by Crippen LogP contribution is -2.20. The lowest BCUT2D eigenvalue weighted by molar-refractivity contribution is -0.122. The largest absolute Gasteiger partial charge is 0.273 e. The highest BCUT2D eigenvalue weighted by molar-refractivity contribution is 5.89. The Balaban J connectivity index is 1.37. The van der Waals surface area contributed by atoms with E-state index in [0.29, 0.717) is 5.92 Å². The first-order valence-electron chi connectivity index (χ1n) is 8.04. The first-order valence-corrected chi connectivity index (χ1v) is 8.04. The molecule has 24 heavy (non-hydrogen) atoms. The molecule has 4 rings (SSSR count). The Labute approximate surface area is 140 Å². The van der Waals surface area contributed by atoms with Gasteiger partial charge in [0.2, 0.25) is 5.91 Å². The van der Waals surface area contributed by atoms with Crippen molar-refractivity contribution in [3.05, 3.63) is 78.0 Å². The Morgan fingerprint density at radius 1 is 1.12 bits per heavy atom. The van der Waals surface area contributed by atoms with Crippen molar-refractivity contribution in [1.29, 1.82) is 0 Å². The van der Waals surface area contributed by atoms with Gasteiger partial charge in [-0.1, -0.05) is 42.5 Å². The van der Waals surface area contributed by atoms with Crippen LogP contribution in [0.4, 0.5) is 0 Å². The van der Waals surface area contributed by atoms with E-state index in [-0.39, 0.29) is 11.8 Å². The fraction of sp³-hybridized carbons (Fsp3) is 0.150. The minimum absolute atomic E-state index is 0.0115. The molecular formula is C20H17N3O. The summed E-state index contributed by atoms with van der Waals surface area (Å²) in [5.74, 6) is 0.348. The lowest BCUT2D eigenvalue weighted by Gasteiger charge is -2.01. The highest BCUT2D eigenvalue weighted by Gasteiger charge is 2.43. The predicted molar refractivity (Wildman–Crippen MR) is 94.8 cm³/mol. The highest BCUT2D eigenvalue weighted by atomic mass is 16.2. The van der Waals surface area contributed by atoms with Crippen LogP contribution in [0.1, 0.15) is 23.5 Å². The number of pyridine rings is 1. The first kappa shape index (κ1) is 14.6. The van der Waals surface area contributed by atoms with Crippen LogP contribution in [0.25, 0.3) is 10.9 Å². The lowest BCUT2D eigenvalue weighted by atomic mass is 10.1. The van der Waals surface area contributed by atoms with E-state index in [9.17, 15) is 4.79 Å². The first-order chi connectivity index (χ1) is 11.8. The molecule has 1 saturated carbocycles. The van der Waals surface area contributed by atoms with Gasteiger partial charge in [0.1, 0.15) is 0 Å². The second kappa shape index (κ2) is 6.24. The van der Waals surface area contributed by atoms with Crippen LogP contribution in [0.3, 0.4) is 0 Å². The summed E-state index contributed by atoms with van der Waals surface area (Å²) in [6.07, 6.45) is 4.34. The normalized spacial score (nSPS) is 19.5. The summed E-state index contributed by atoms with van der Waals surface area (Å²) in [5.41, 5.74) is 5.76. The number of fused-ring (bicyclic) bond motifs is 1. The summed E-state index contributed by atoms with van der Waals surface area (Å²) in [6.45, 7) is 0. The molecule has 1 N–H and O–H groups in total.